The van der Waals surface area contributed by atoms with Gasteiger partial charge in [-0.25, -0.2) is 0 Å². The first-order chi connectivity index (χ1) is 11.9. The quantitative estimate of drug-likeness (QED) is 0.840. The molecule has 2 N–H and O–H groups in total. The number of hydrogen-bond donors (Lipinski definition) is 2. The maximum absolute atomic E-state index is 12.8. The van der Waals surface area contributed by atoms with Gasteiger partial charge >= 0.3 is 0 Å². The number of H-pyrrole nitrogens is 1. The van der Waals surface area contributed by atoms with E-state index in [2.05, 4.69) is 24.3 Å². The monoisotopic (exact) mass is 379 g/mol. The van der Waals surface area contributed by atoms with Crippen LogP contribution in [-0.4, -0.2) is 33.6 Å². The maximum Gasteiger partial charge on any atom is 0.270 e. The molecule has 0 bridgehead atoms. The fraction of sp³-hybridized carbons (Fsp3) is 0.529. The molecule has 8 heteroatoms. The van der Waals surface area contributed by atoms with Gasteiger partial charge in [0.15, 0.2) is 0 Å². The summed E-state index contributed by atoms with van der Waals surface area (Å²) in [5.74, 6) is 0.899. The summed E-state index contributed by atoms with van der Waals surface area (Å²) in [6.45, 7) is 4.76. The third-order valence-corrected chi connectivity index (χ3v) is 6.72. The molecule has 1 fully saturated rings. The maximum atomic E-state index is 12.8. The minimum Gasteiger partial charge on any atom is -0.375 e. The van der Waals surface area contributed by atoms with Gasteiger partial charge in [0, 0.05) is 6.61 Å². The summed E-state index contributed by atoms with van der Waals surface area (Å²) in [5.41, 5.74) is 1.36. The van der Waals surface area contributed by atoms with Crippen LogP contribution in [0.15, 0.2) is 21.6 Å². The predicted octanol–water partition coefficient (Wildman–Crippen LogP) is 3.14. The van der Waals surface area contributed by atoms with Gasteiger partial charge in [-0.3, -0.25) is 19.4 Å². The first kappa shape index (κ1) is 16.9. The van der Waals surface area contributed by atoms with Crippen LogP contribution in [0.3, 0.4) is 0 Å². The molecule has 0 radical (unpaired) electrons. The number of aromatic nitrogens is 2. The van der Waals surface area contributed by atoms with Gasteiger partial charge in [0.25, 0.3) is 5.56 Å². The second-order valence-corrected chi connectivity index (χ2v) is 9.00. The normalized spacial score (nSPS) is 25.9. The van der Waals surface area contributed by atoms with Crippen molar-refractivity contribution < 1.29 is 9.53 Å². The van der Waals surface area contributed by atoms with Crippen molar-refractivity contribution in [2.24, 2.45) is 0 Å². The van der Waals surface area contributed by atoms with E-state index in [1.54, 1.807) is 11.3 Å². The molecular weight excluding hydrogens is 358 g/mol. The number of nitrogens with zero attached hydrogens (tertiary/aromatic N) is 1. The lowest BCUT2D eigenvalue weighted by atomic mass is 9.94. The molecule has 0 aromatic carbocycles. The van der Waals surface area contributed by atoms with E-state index < -0.39 is 0 Å². The fourth-order valence-electron chi connectivity index (χ4n) is 3.63. The van der Waals surface area contributed by atoms with Crippen molar-refractivity contribution in [2.45, 2.75) is 43.6 Å². The van der Waals surface area contributed by atoms with Gasteiger partial charge in [0.1, 0.15) is 5.82 Å². The summed E-state index contributed by atoms with van der Waals surface area (Å²) >= 11 is 3.10. The molecule has 2 aromatic rings. The molecular formula is C17H21N3O3S2. The Labute approximate surface area is 153 Å². The molecule has 0 saturated carbocycles. The van der Waals surface area contributed by atoms with Crippen molar-refractivity contribution in [3.05, 3.63) is 38.3 Å². The van der Waals surface area contributed by atoms with Crippen LogP contribution in [0, 0.1) is 0 Å². The van der Waals surface area contributed by atoms with Crippen LogP contribution in [0.4, 0.5) is 5.82 Å². The molecule has 4 heterocycles. The van der Waals surface area contributed by atoms with Crippen LogP contribution in [-0.2, 0) is 9.53 Å². The van der Waals surface area contributed by atoms with Gasteiger partial charge in [0.05, 0.1) is 28.2 Å². The number of aromatic amines is 1. The topological polar surface area (TPSA) is 76.1 Å². The molecule has 2 atom stereocenters. The lowest BCUT2D eigenvalue weighted by molar-refractivity contribution is -0.113. The number of carbonyl (C=O) groups is 1. The second kappa shape index (κ2) is 6.34. The van der Waals surface area contributed by atoms with Gasteiger partial charge in [-0.2, -0.15) is 11.3 Å². The summed E-state index contributed by atoms with van der Waals surface area (Å²) < 4.78 is 7.66. The Kier molecular flexibility index (Phi) is 4.29. The first-order valence-electron chi connectivity index (χ1n) is 8.36. The number of nitrogens with one attached hydrogen (secondary N) is 2. The Morgan fingerprint density at radius 3 is 2.92 bits per heavy atom. The molecule has 25 heavy (non-hydrogen) atoms. The fourth-order valence-corrected chi connectivity index (χ4v) is 5.51. The standard InChI is InChI=1S/C17H21N3O3S2/c1-17(2)7-11(3-5-23-17)20-15-13(16(22)19-20)14(10-4-6-24-8-10)25-9-12(21)18-15/h4,6,8,11,14H,3,5,7,9H2,1-2H3,(H,18,21)(H,19,22)/t11-,14-/m1/s1. The molecule has 1 saturated heterocycles. The van der Waals surface area contributed by atoms with Crippen molar-refractivity contribution in [1.29, 1.82) is 0 Å². The highest BCUT2D eigenvalue weighted by molar-refractivity contribution is 8.00. The van der Waals surface area contributed by atoms with Crippen molar-refractivity contribution in [2.75, 3.05) is 17.7 Å². The number of rotatable bonds is 2. The largest absolute Gasteiger partial charge is 0.375 e. The Morgan fingerprint density at radius 2 is 2.20 bits per heavy atom. The molecule has 2 aliphatic rings. The van der Waals surface area contributed by atoms with E-state index in [0.29, 0.717) is 23.7 Å². The zero-order valence-electron chi connectivity index (χ0n) is 14.2. The second-order valence-electron chi connectivity index (χ2n) is 7.12. The van der Waals surface area contributed by atoms with Crippen molar-refractivity contribution in [3.8, 4) is 0 Å². The Balaban J connectivity index is 1.80. The minimum atomic E-state index is -0.243. The number of carbonyl (C=O) groups excluding carboxylic acids is 1. The van der Waals surface area contributed by atoms with Crippen LogP contribution in [0.2, 0.25) is 0 Å². The van der Waals surface area contributed by atoms with E-state index in [9.17, 15) is 9.59 Å². The number of ether oxygens (including phenoxy) is 1. The molecule has 2 aliphatic heterocycles. The third kappa shape index (κ3) is 3.18. The number of fused-ring (bicyclic) bond motifs is 1. The van der Waals surface area contributed by atoms with Crippen molar-refractivity contribution >= 4 is 34.8 Å². The Hall–Kier alpha value is -1.51. The molecule has 0 spiro atoms. The highest BCUT2D eigenvalue weighted by atomic mass is 32.2. The van der Waals surface area contributed by atoms with Gasteiger partial charge in [-0.15, -0.1) is 11.8 Å². The number of amides is 1. The molecule has 2 aromatic heterocycles. The van der Waals surface area contributed by atoms with Crippen LogP contribution in [0.25, 0.3) is 0 Å². The zero-order chi connectivity index (χ0) is 17.6. The zero-order valence-corrected chi connectivity index (χ0v) is 15.8. The molecule has 4 rings (SSSR count). The highest BCUT2D eigenvalue weighted by Gasteiger charge is 2.35. The Bertz CT molecular complexity index is 838. The van der Waals surface area contributed by atoms with Crippen LogP contribution in [0.1, 0.15) is 49.1 Å². The summed E-state index contributed by atoms with van der Waals surface area (Å²) in [4.78, 5) is 25.0. The molecule has 1 amide bonds. The predicted molar refractivity (Wildman–Crippen MR) is 101 cm³/mol. The summed E-state index contributed by atoms with van der Waals surface area (Å²) in [6.07, 6.45) is 1.60. The lowest BCUT2D eigenvalue weighted by Crippen LogP contribution is -2.36. The van der Waals surface area contributed by atoms with E-state index in [1.807, 2.05) is 21.5 Å². The van der Waals surface area contributed by atoms with E-state index in [0.717, 1.165) is 18.4 Å². The van der Waals surface area contributed by atoms with E-state index in [1.165, 1.54) is 11.8 Å². The number of anilines is 1. The van der Waals surface area contributed by atoms with E-state index in [-0.39, 0.29) is 28.4 Å². The highest BCUT2D eigenvalue weighted by Crippen LogP contribution is 2.42. The molecule has 0 aliphatic carbocycles. The summed E-state index contributed by atoms with van der Waals surface area (Å²) in [6, 6.07) is 2.13. The number of thioether (sulfide) groups is 1. The van der Waals surface area contributed by atoms with Crippen LogP contribution in [0.5, 0.6) is 0 Å². The van der Waals surface area contributed by atoms with Gasteiger partial charge < -0.3 is 10.1 Å². The summed E-state index contributed by atoms with van der Waals surface area (Å²) in [7, 11) is 0. The van der Waals surface area contributed by atoms with Gasteiger partial charge in [0.2, 0.25) is 5.91 Å². The smallest absolute Gasteiger partial charge is 0.270 e. The number of thiophene rings is 1. The average Bonchev–Trinajstić information content (AvgIpc) is 3.13. The van der Waals surface area contributed by atoms with Crippen molar-refractivity contribution in [3.63, 3.8) is 0 Å². The SMILES string of the molecule is CC1(C)C[C@H](n2[nH]c(=O)c3c2NC(=O)CS[C@@H]3c2ccsc2)CCO1. The van der Waals surface area contributed by atoms with E-state index in [4.69, 9.17) is 4.74 Å². The lowest BCUT2D eigenvalue weighted by Gasteiger charge is -2.36. The first-order valence-corrected chi connectivity index (χ1v) is 10.4. The van der Waals surface area contributed by atoms with Crippen molar-refractivity contribution in [1.82, 2.24) is 9.78 Å². The summed E-state index contributed by atoms with van der Waals surface area (Å²) in [5, 5.41) is 9.87. The Morgan fingerprint density at radius 1 is 1.36 bits per heavy atom. The van der Waals surface area contributed by atoms with Crippen LogP contribution >= 0.6 is 23.1 Å². The van der Waals surface area contributed by atoms with E-state index >= 15 is 0 Å². The van der Waals surface area contributed by atoms with Crippen LogP contribution < -0.4 is 10.9 Å². The molecule has 134 valence electrons. The van der Waals surface area contributed by atoms with Gasteiger partial charge in [-0.05, 0) is 49.1 Å². The minimum absolute atomic E-state index is 0.0666. The third-order valence-electron chi connectivity index (χ3n) is 4.75. The average molecular weight is 380 g/mol. The van der Waals surface area contributed by atoms with Gasteiger partial charge in [-0.1, -0.05) is 0 Å². The molecule has 0 unspecified atom stereocenters. The number of hydrogen-bond acceptors (Lipinski definition) is 5. The molecule has 6 nitrogen and oxygen atoms in total.